The smallest absolute Gasteiger partial charge is 0.251 e. The lowest BCUT2D eigenvalue weighted by Gasteiger charge is -2.09. The molecule has 0 aliphatic rings. The summed E-state index contributed by atoms with van der Waals surface area (Å²) >= 11 is 0. The van der Waals surface area contributed by atoms with Crippen molar-refractivity contribution in [1.82, 2.24) is 16.0 Å². The van der Waals surface area contributed by atoms with Gasteiger partial charge in [0.25, 0.3) is 5.91 Å². The maximum atomic E-state index is 11.8. The molecule has 0 aliphatic heterocycles. The molecule has 5 nitrogen and oxygen atoms in total. The van der Waals surface area contributed by atoms with Gasteiger partial charge in [-0.1, -0.05) is 31.5 Å². The van der Waals surface area contributed by atoms with Crippen LogP contribution in [0.15, 0.2) is 24.3 Å². The first-order chi connectivity index (χ1) is 9.99. The zero-order valence-electron chi connectivity index (χ0n) is 13.0. The fraction of sp³-hybridized carbons (Fsp3) is 0.500. The lowest BCUT2D eigenvalue weighted by Crippen LogP contribution is -2.39. The third-order valence-corrected chi connectivity index (χ3v) is 2.89. The Hall–Kier alpha value is -1.88. The minimum absolute atomic E-state index is 0.0199. The monoisotopic (exact) mass is 291 g/mol. The summed E-state index contributed by atoms with van der Waals surface area (Å²) in [7, 11) is 0. The molecular weight excluding hydrogens is 266 g/mol. The van der Waals surface area contributed by atoms with Crippen molar-refractivity contribution >= 4 is 11.8 Å². The lowest BCUT2D eigenvalue weighted by atomic mass is 10.1. The van der Waals surface area contributed by atoms with Crippen LogP contribution in [0.5, 0.6) is 0 Å². The van der Waals surface area contributed by atoms with E-state index in [0.29, 0.717) is 31.1 Å². The Morgan fingerprint density at radius 1 is 1.05 bits per heavy atom. The van der Waals surface area contributed by atoms with Crippen LogP contribution in [-0.2, 0) is 4.79 Å². The molecule has 0 fully saturated rings. The van der Waals surface area contributed by atoms with Crippen molar-refractivity contribution in [3.63, 3.8) is 0 Å². The van der Waals surface area contributed by atoms with Gasteiger partial charge in [-0.2, -0.15) is 0 Å². The van der Waals surface area contributed by atoms with E-state index in [2.05, 4.69) is 16.0 Å². The zero-order chi connectivity index (χ0) is 15.7. The molecule has 0 unspecified atom stereocenters. The van der Waals surface area contributed by atoms with Gasteiger partial charge in [-0.3, -0.25) is 9.59 Å². The van der Waals surface area contributed by atoms with Crippen LogP contribution in [0.2, 0.25) is 0 Å². The van der Waals surface area contributed by atoms with E-state index in [4.69, 9.17) is 0 Å². The topological polar surface area (TPSA) is 70.2 Å². The van der Waals surface area contributed by atoms with Crippen LogP contribution in [0.3, 0.4) is 0 Å². The average Bonchev–Trinajstić information content (AvgIpc) is 2.45. The molecule has 1 aromatic rings. The second-order valence-electron chi connectivity index (χ2n) is 5.50. The molecule has 0 radical (unpaired) electrons. The summed E-state index contributed by atoms with van der Waals surface area (Å²) in [6, 6.07) is 7.42. The molecule has 2 amide bonds. The van der Waals surface area contributed by atoms with E-state index in [1.807, 2.05) is 32.9 Å². The Kier molecular flexibility index (Phi) is 7.46. The van der Waals surface area contributed by atoms with Crippen molar-refractivity contribution < 1.29 is 9.59 Å². The molecule has 21 heavy (non-hydrogen) atoms. The highest BCUT2D eigenvalue weighted by molar-refractivity contribution is 5.94. The number of aryl methyl sites for hydroxylation is 1. The first kappa shape index (κ1) is 17.2. The van der Waals surface area contributed by atoms with E-state index in [1.54, 1.807) is 12.1 Å². The number of carbonyl (C=O) groups is 2. The molecule has 0 saturated heterocycles. The Morgan fingerprint density at radius 3 is 2.33 bits per heavy atom. The summed E-state index contributed by atoms with van der Waals surface area (Å²) in [5.41, 5.74) is 1.77. The van der Waals surface area contributed by atoms with Gasteiger partial charge in [-0.05, 0) is 25.0 Å². The second kappa shape index (κ2) is 9.13. The third-order valence-electron chi connectivity index (χ3n) is 2.89. The predicted molar refractivity (Wildman–Crippen MR) is 84.2 cm³/mol. The summed E-state index contributed by atoms with van der Waals surface area (Å²) in [4.78, 5) is 23.2. The molecular formula is C16H25N3O2. The van der Waals surface area contributed by atoms with Crippen molar-refractivity contribution in [3.8, 4) is 0 Å². The molecule has 1 rings (SSSR count). The van der Waals surface area contributed by atoms with Crippen molar-refractivity contribution in [2.24, 2.45) is 5.92 Å². The molecule has 0 aromatic heterocycles. The average molecular weight is 291 g/mol. The molecule has 1 aromatic carbocycles. The van der Waals surface area contributed by atoms with E-state index < -0.39 is 0 Å². The van der Waals surface area contributed by atoms with Gasteiger partial charge in [-0.15, -0.1) is 0 Å². The molecule has 0 heterocycles. The van der Waals surface area contributed by atoms with Gasteiger partial charge in [0.1, 0.15) is 0 Å². The Bertz CT molecular complexity index is 455. The standard InChI is InChI=1S/C16H25N3O2/c1-12(2)10-19-15(20)11-17-8-9-18-16(21)14-6-4-13(3)5-7-14/h4-7,12,17H,8-11H2,1-3H3,(H,18,21)(H,19,20). The highest BCUT2D eigenvalue weighted by atomic mass is 16.2. The summed E-state index contributed by atoms with van der Waals surface area (Å²) in [6.45, 7) is 8.09. The van der Waals surface area contributed by atoms with Crippen LogP contribution in [0, 0.1) is 12.8 Å². The maximum absolute atomic E-state index is 11.8. The van der Waals surface area contributed by atoms with Gasteiger partial charge < -0.3 is 16.0 Å². The highest BCUT2D eigenvalue weighted by Gasteiger charge is 2.04. The minimum Gasteiger partial charge on any atom is -0.355 e. The second-order valence-corrected chi connectivity index (χ2v) is 5.50. The molecule has 116 valence electrons. The van der Waals surface area contributed by atoms with Gasteiger partial charge in [0.2, 0.25) is 5.91 Å². The number of rotatable bonds is 8. The Balaban J connectivity index is 2.12. The van der Waals surface area contributed by atoms with Gasteiger partial charge in [0.05, 0.1) is 6.54 Å². The predicted octanol–water partition coefficient (Wildman–Crippen LogP) is 1.09. The van der Waals surface area contributed by atoms with Crippen LogP contribution in [-0.4, -0.2) is 38.0 Å². The van der Waals surface area contributed by atoms with E-state index in [0.717, 1.165) is 5.56 Å². The number of carbonyl (C=O) groups excluding carboxylic acids is 2. The van der Waals surface area contributed by atoms with Crippen molar-refractivity contribution in [2.75, 3.05) is 26.2 Å². The molecule has 0 spiro atoms. The summed E-state index contributed by atoms with van der Waals surface area (Å²) in [6.07, 6.45) is 0. The minimum atomic E-state index is -0.0962. The lowest BCUT2D eigenvalue weighted by molar-refractivity contribution is -0.120. The molecule has 0 atom stereocenters. The van der Waals surface area contributed by atoms with Gasteiger partial charge in [-0.25, -0.2) is 0 Å². The van der Waals surface area contributed by atoms with Crippen molar-refractivity contribution in [1.29, 1.82) is 0 Å². The number of amides is 2. The highest BCUT2D eigenvalue weighted by Crippen LogP contribution is 2.02. The number of hydrogen-bond acceptors (Lipinski definition) is 3. The van der Waals surface area contributed by atoms with Crippen LogP contribution in [0.25, 0.3) is 0 Å². The van der Waals surface area contributed by atoms with Crippen LogP contribution >= 0.6 is 0 Å². The van der Waals surface area contributed by atoms with E-state index in [9.17, 15) is 9.59 Å². The van der Waals surface area contributed by atoms with Crippen LogP contribution in [0.1, 0.15) is 29.8 Å². The van der Waals surface area contributed by atoms with E-state index in [-0.39, 0.29) is 18.4 Å². The summed E-state index contributed by atoms with van der Waals surface area (Å²) < 4.78 is 0. The quantitative estimate of drug-likeness (QED) is 0.628. The Labute approximate surface area is 126 Å². The molecule has 0 bridgehead atoms. The molecule has 0 saturated carbocycles. The number of nitrogens with one attached hydrogen (secondary N) is 3. The fourth-order valence-corrected chi connectivity index (χ4v) is 1.65. The number of benzene rings is 1. The molecule has 5 heteroatoms. The zero-order valence-corrected chi connectivity index (χ0v) is 13.0. The first-order valence-corrected chi connectivity index (χ1v) is 7.31. The van der Waals surface area contributed by atoms with Crippen molar-refractivity contribution in [2.45, 2.75) is 20.8 Å². The molecule has 3 N–H and O–H groups in total. The Morgan fingerprint density at radius 2 is 1.71 bits per heavy atom. The first-order valence-electron chi connectivity index (χ1n) is 7.31. The SMILES string of the molecule is Cc1ccc(C(=O)NCCNCC(=O)NCC(C)C)cc1. The molecule has 0 aliphatic carbocycles. The van der Waals surface area contributed by atoms with Gasteiger partial charge >= 0.3 is 0 Å². The van der Waals surface area contributed by atoms with Gasteiger partial charge in [0.15, 0.2) is 0 Å². The summed E-state index contributed by atoms with van der Waals surface area (Å²) in [5.74, 6) is 0.331. The van der Waals surface area contributed by atoms with E-state index in [1.165, 1.54) is 0 Å². The van der Waals surface area contributed by atoms with Crippen LogP contribution in [0.4, 0.5) is 0 Å². The van der Waals surface area contributed by atoms with E-state index >= 15 is 0 Å². The maximum Gasteiger partial charge on any atom is 0.251 e. The van der Waals surface area contributed by atoms with Gasteiger partial charge in [0, 0.05) is 25.2 Å². The fourth-order valence-electron chi connectivity index (χ4n) is 1.65. The number of hydrogen-bond donors (Lipinski definition) is 3. The third kappa shape index (κ3) is 7.46. The van der Waals surface area contributed by atoms with Crippen LogP contribution < -0.4 is 16.0 Å². The largest absolute Gasteiger partial charge is 0.355 e. The summed E-state index contributed by atoms with van der Waals surface area (Å²) in [5, 5.41) is 8.63. The normalized spacial score (nSPS) is 10.5. The van der Waals surface area contributed by atoms with Crippen molar-refractivity contribution in [3.05, 3.63) is 35.4 Å².